The van der Waals surface area contributed by atoms with Crippen LogP contribution in [-0.4, -0.2) is 79.9 Å². The zero-order valence-electron chi connectivity index (χ0n) is 14.6. The lowest BCUT2D eigenvalue weighted by atomic mass is 10.1. The molecular weight excluding hydrogens is 292 g/mol. The first-order chi connectivity index (χ1) is 11.0. The van der Waals surface area contributed by atoms with Gasteiger partial charge in [0.05, 0.1) is 5.76 Å². The van der Waals surface area contributed by atoms with E-state index in [2.05, 4.69) is 16.4 Å². The molecule has 0 spiro atoms. The molecule has 0 aliphatic rings. The standard InChI is InChI=1S/C16H38N6O/c1-15(23)4-2-3-5-16(20)14-22(11-8-19)13-12-21(9-6-17)10-7-18/h16,23H,1-14,17-20H2. The molecule has 0 amide bonds. The Labute approximate surface area is 141 Å². The van der Waals surface area contributed by atoms with Crippen LogP contribution >= 0.6 is 0 Å². The molecule has 0 aromatic carbocycles. The largest absolute Gasteiger partial charge is 0.513 e. The number of aliphatic hydroxyl groups excluding tert-OH is 1. The number of unbranched alkanes of at least 4 members (excludes halogenated alkanes) is 1. The molecule has 0 aromatic heterocycles. The van der Waals surface area contributed by atoms with Crippen LogP contribution in [0.5, 0.6) is 0 Å². The van der Waals surface area contributed by atoms with Gasteiger partial charge in [-0.1, -0.05) is 13.0 Å². The van der Waals surface area contributed by atoms with Crippen molar-refractivity contribution in [1.29, 1.82) is 0 Å². The second-order valence-electron chi connectivity index (χ2n) is 6.08. The Morgan fingerprint density at radius 1 is 0.870 bits per heavy atom. The highest BCUT2D eigenvalue weighted by Crippen LogP contribution is 2.07. The molecule has 7 nitrogen and oxygen atoms in total. The Bertz CT molecular complexity index is 284. The van der Waals surface area contributed by atoms with E-state index in [0.29, 0.717) is 26.1 Å². The number of rotatable bonds is 16. The molecular formula is C16H38N6O. The van der Waals surface area contributed by atoms with Crippen LogP contribution in [0, 0.1) is 0 Å². The Morgan fingerprint density at radius 3 is 1.91 bits per heavy atom. The third-order valence-corrected chi connectivity index (χ3v) is 3.85. The average molecular weight is 331 g/mol. The molecule has 23 heavy (non-hydrogen) atoms. The molecule has 0 rings (SSSR count). The number of hydrogen-bond acceptors (Lipinski definition) is 7. The quantitative estimate of drug-likeness (QED) is 0.189. The summed E-state index contributed by atoms with van der Waals surface area (Å²) < 4.78 is 0. The maximum Gasteiger partial charge on any atom is 0.0851 e. The number of aliphatic hydroxyl groups is 1. The van der Waals surface area contributed by atoms with Gasteiger partial charge in [-0.15, -0.1) is 0 Å². The first-order valence-electron chi connectivity index (χ1n) is 8.70. The van der Waals surface area contributed by atoms with Crippen LogP contribution in [0.3, 0.4) is 0 Å². The molecule has 0 aliphatic carbocycles. The van der Waals surface area contributed by atoms with Gasteiger partial charge in [0.2, 0.25) is 0 Å². The predicted octanol–water partition coefficient (Wildman–Crippen LogP) is -0.574. The minimum atomic E-state index is 0.131. The molecule has 0 aliphatic heterocycles. The van der Waals surface area contributed by atoms with Gasteiger partial charge in [0, 0.05) is 71.4 Å². The zero-order chi connectivity index (χ0) is 17.5. The Morgan fingerprint density at radius 2 is 1.39 bits per heavy atom. The number of nitrogens with two attached hydrogens (primary N) is 4. The molecule has 0 saturated carbocycles. The Kier molecular flexibility index (Phi) is 14.4. The van der Waals surface area contributed by atoms with Gasteiger partial charge < -0.3 is 28.0 Å². The fourth-order valence-corrected chi connectivity index (χ4v) is 2.62. The van der Waals surface area contributed by atoms with Crippen molar-refractivity contribution < 1.29 is 5.11 Å². The van der Waals surface area contributed by atoms with Gasteiger partial charge in [-0.2, -0.15) is 0 Å². The SMILES string of the molecule is C=C(O)CCCCC(N)CN(CCN)CCN(CCN)CCN. The highest BCUT2D eigenvalue weighted by Gasteiger charge is 2.12. The summed E-state index contributed by atoms with van der Waals surface area (Å²) in [7, 11) is 0. The monoisotopic (exact) mass is 330 g/mol. The lowest BCUT2D eigenvalue weighted by Gasteiger charge is -2.28. The summed E-state index contributed by atoms with van der Waals surface area (Å²) in [5.74, 6) is 0.253. The third-order valence-electron chi connectivity index (χ3n) is 3.85. The fraction of sp³-hybridized carbons (Fsp3) is 0.875. The smallest absolute Gasteiger partial charge is 0.0851 e. The van der Waals surface area contributed by atoms with Gasteiger partial charge in [-0.25, -0.2) is 0 Å². The summed E-state index contributed by atoms with van der Waals surface area (Å²) in [6.45, 7) is 10.7. The van der Waals surface area contributed by atoms with E-state index in [1.807, 2.05) is 0 Å². The summed E-state index contributed by atoms with van der Waals surface area (Å²) in [4.78, 5) is 4.59. The van der Waals surface area contributed by atoms with Gasteiger partial charge in [0.15, 0.2) is 0 Å². The van der Waals surface area contributed by atoms with E-state index in [0.717, 1.165) is 58.5 Å². The first kappa shape index (κ1) is 22.3. The number of allylic oxidation sites excluding steroid dienone is 1. The van der Waals surface area contributed by atoms with E-state index in [1.54, 1.807) is 0 Å². The van der Waals surface area contributed by atoms with E-state index in [1.165, 1.54) is 0 Å². The van der Waals surface area contributed by atoms with Crippen LogP contribution in [0.4, 0.5) is 0 Å². The zero-order valence-corrected chi connectivity index (χ0v) is 14.6. The molecule has 9 N–H and O–H groups in total. The normalized spacial score (nSPS) is 13.0. The number of hydrogen-bond donors (Lipinski definition) is 5. The van der Waals surface area contributed by atoms with Crippen molar-refractivity contribution in [1.82, 2.24) is 9.80 Å². The van der Waals surface area contributed by atoms with Crippen molar-refractivity contribution in [2.45, 2.75) is 31.7 Å². The lowest BCUT2D eigenvalue weighted by Crippen LogP contribution is -2.45. The molecule has 0 fully saturated rings. The van der Waals surface area contributed by atoms with E-state index >= 15 is 0 Å². The van der Waals surface area contributed by atoms with E-state index < -0.39 is 0 Å². The molecule has 0 radical (unpaired) electrons. The summed E-state index contributed by atoms with van der Waals surface area (Å²) >= 11 is 0. The molecule has 1 atom stereocenters. The summed E-state index contributed by atoms with van der Waals surface area (Å²) in [6.07, 6.45) is 3.54. The van der Waals surface area contributed by atoms with Crippen molar-refractivity contribution in [3.05, 3.63) is 12.3 Å². The molecule has 1 unspecified atom stereocenters. The minimum absolute atomic E-state index is 0.131. The molecule has 138 valence electrons. The lowest BCUT2D eigenvalue weighted by molar-refractivity contribution is 0.202. The summed E-state index contributed by atoms with van der Waals surface area (Å²) in [5, 5.41) is 9.07. The Balaban J connectivity index is 4.09. The fourth-order valence-electron chi connectivity index (χ4n) is 2.62. The highest BCUT2D eigenvalue weighted by atomic mass is 16.3. The van der Waals surface area contributed by atoms with Crippen molar-refractivity contribution in [2.75, 3.05) is 58.9 Å². The molecule has 0 saturated heterocycles. The summed E-state index contributed by atoms with van der Waals surface area (Å²) in [5.41, 5.74) is 23.2. The van der Waals surface area contributed by atoms with Crippen LogP contribution in [0.15, 0.2) is 12.3 Å². The minimum Gasteiger partial charge on any atom is -0.513 e. The summed E-state index contributed by atoms with van der Waals surface area (Å²) in [6, 6.07) is 0.131. The molecule has 7 heteroatoms. The second-order valence-corrected chi connectivity index (χ2v) is 6.08. The number of nitrogens with zero attached hydrogens (tertiary/aromatic N) is 2. The second kappa shape index (κ2) is 14.9. The maximum atomic E-state index is 9.07. The van der Waals surface area contributed by atoms with Crippen LogP contribution in [-0.2, 0) is 0 Å². The van der Waals surface area contributed by atoms with Crippen molar-refractivity contribution in [2.24, 2.45) is 22.9 Å². The van der Waals surface area contributed by atoms with Gasteiger partial charge in [-0.3, -0.25) is 9.80 Å². The molecule has 0 aromatic rings. The average Bonchev–Trinajstić information content (AvgIpc) is 2.49. The van der Waals surface area contributed by atoms with Crippen LogP contribution in [0.1, 0.15) is 25.7 Å². The van der Waals surface area contributed by atoms with E-state index in [9.17, 15) is 0 Å². The van der Waals surface area contributed by atoms with Gasteiger partial charge in [0.25, 0.3) is 0 Å². The van der Waals surface area contributed by atoms with Gasteiger partial charge in [0.1, 0.15) is 0 Å². The van der Waals surface area contributed by atoms with Crippen LogP contribution < -0.4 is 22.9 Å². The van der Waals surface area contributed by atoms with Crippen molar-refractivity contribution in [3.8, 4) is 0 Å². The van der Waals surface area contributed by atoms with Crippen molar-refractivity contribution in [3.63, 3.8) is 0 Å². The van der Waals surface area contributed by atoms with E-state index in [-0.39, 0.29) is 11.8 Å². The highest BCUT2D eigenvalue weighted by molar-refractivity contribution is 4.78. The third kappa shape index (κ3) is 13.4. The van der Waals surface area contributed by atoms with E-state index in [4.69, 9.17) is 28.0 Å². The van der Waals surface area contributed by atoms with Crippen LogP contribution in [0.25, 0.3) is 0 Å². The van der Waals surface area contributed by atoms with Gasteiger partial charge >= 0.3 is 0 Å². The maximum absolute atomic E-state index is 9.07. The van der Waals surface area contributed by atoms with Crippen molar-refractivity contribution >= 4 is 0 Å². The van der Waals surface area contributed by atoms with Gasteiger partial charge in [-0.05, 0) is 12.8 Å². The predicted molar refractivity (Wildman–Crippen MR) is 98.3 cm³/mol. The molecule has 0 heterocycles. The Hall–Kier alpha value is -0.700. The molecule has 0 bridgehead atoms. The topological polar surface area (TPSA) is 131 Å². The first-order valence-corrected chi connectivity index (χ1v) is 8.70. The van der Waals surface area contributed by atoms with Crippen LogP contribution in [0.2, 0.25) is 0 Å².